The van der Waals surface area contributed by atoms with Gasteiger partial charge in [-0.05, 0) is 56.3 Å². The maximum Gasteiger partial charge on any atom is 0.277 e. The summed E-state index contributed by atoms with van der Waals surface area (Å²) in [6.45, 7) is 0.958. The molecule has 0 saturated carbocycles. The number of benzene rings is 2. The fraction of sp³-hybridized carbons (Fsp3) is 0.423. The van der Waals surface area contributed by atoms with Crippen LogP contribution in [0.2, 0.25) is 0 Å². The first kappa shape index (κ1) is 18.4. The van der Waals surface area contributed by atoms with E-state index in [4.69, 9.17) is 14.2 Å². The number of likely N-dealkylation sites (tertiary alicyclic amines) is 1. The highest BCUT2D eigenvalue weighted by Crippen LogP contribution is 2.71. The fourth-order valence-electron chi connectivity index (χ4n) is 8.13. The number of hydrogen-bond acceptors (Lipinski definition) is 5. The van der Waals surface area contributed by atoms with Crippen LogP contribution in [0.4, 0.5) is 0 Å². The van der Waals surface area contributed by atoms with Crippen LogP contribution >= 0.6 is 0 Å². The second-order valence-corrected chi connectivity index (χ2v) is 10.1. The number of hydrogen-bond donors (Lipinski definition) is 0. The van der Waals surface area contributed by atoms with Gasteiger partial charge in [-0.2, -0.15) is 0 Å². The summed E-state index contributed by atoms with van der Waals surface area (Å²) in [5.41, 5.74) is 1.59. The number of nitrogens with zero attached hydrogens (tertiary/aromatic N) is 3. The Labute approximate surface area is 190 Å². The Hall–Kier alpha value is -3.03. The Morgan fingerprint density at radius 1 is 1.09 bits per heavy atom. The van der Waals surface area contributed by atoms with Crippen molar-refractivity contribution in [2.75, 3.05) is 27.8 Å². The summed E-state index contributed by atoms with van der Waals surface area (Å²) in [4.78, 5) is 16.4. The largest absolute Gasteiger partial charge is 0.493 e. The summed E-state index contributed by atoms with van der Waals surface area (Å²) >= 11 is 0. The number of fused-ring (bicyclic) bond motifs is 1. The molecule has 7 heteroatoms. The smallest absolute Gasteiger partial charge is 0.277 e. The summed E-state index contributed by atoms with van der Waals surface area (Å²) in [5.74, 6) is 1.57. The number of aromatic nitrogens is 2. The van der Waals surface area contributed by atoms with Gasteiger partial charge in [0.2, 0.25) is 5.72 Å². The minimum absolute atomic E-state index is 0.0379. The Kier molecular flexibility index (Phi) is 2.99. The van der Waals surface area contributed by atoms with E-state index in [0.717, 1.165) is 41.8 Å². The quantitative estimate of drug-likeness (QED) is 0.569. The van der Waals surface area contributed by atoms with Gasteiger partial charge in [0.1, 0.15) is 5.54 Å². The molecule has 33 heavy (non-hydrogen) atoms. The molecule has 7 nitrogen and oxygen atoms in total. The zero-order valence-corrected chi connectivity index (χ0v) is 18.9. The number of rotatable bonds is 2. The monoisotopic (exact) mass is 443 g/mol. The lowest BCUT2D eigenvalue weighted by Crippen LogP contribution is -2.82. The third kappa shape index (κ3) is 1.57. The van der Waals surface area contributed by atoms with Gasteiger partial charge in [-0.1, -0.05) is 24.3 Å². The van der Waals surface area contributed by atoms with E-state index in [1.165, 1.54) is 11.1 Å². The number of piperidine rings is 1. The van der Waals surface area contributed by atoms with Gasteiger partial charge in [-0.15, -0.1) is 0 Å². The highest BCUT2D eigenvalue weighted by Gasteiger charge is 2.80. The normalized spacial score (nSPS) is 36.6. The standard InChI is InChI=1S/C26H25N3O4/c1-27-13-12-24-20-15-8-9-18(31-2)21(20)33-23(24)26(32-3)11-10-25(24,19(27)14-15)28-17-7-5-4-6-16(17)22(30)29(26)28/h4-11,19,23H,12-14H2,1-3H3. The molecule has 0 amide bonds. The minimum atomic E-state index is -1.04. The molecule has 0 N–H and O–H groups in total. The fourth-order valence-corrected chi connectivity index (χ4v) is 8.13. The molecule has 9 rings (SSSR count). The van der Waals surface area contributed by atoms with Crippen molar-refractivity contribution in [2.45, 2.75) is 41.7 Å². The van der Waals surface area contributed by atoms with Crippen molar-refractivity contribution >= 4 is 10.9 Å². The third-order valence-electron chi connectivity index (χ3n) is 9.30. The summed E-state index contributed by atoms with van der Waals surface area (Å²) in [5, 5.41) is 0.718. The van der Waals surface area contributed by atoms with Gasteiger partial charge >= 0.3 is 0 Å². The molecule has 5 atom stereocenters. The first-order chi connectivity index (χ1) is 16.0. The Balaban J connectivity index is 1.62. The summed E-state index contributed by atoms with van der Waals surface area (Å²) < 4.78 is 23.1. The number of likely N-dealkylation sites (N-methyl/N-ethyl adjacent to an activating group) is 1. The van der Waals surface area contributed by atoms with Crippen molar-refractivity contribution < 1.29 is 14.2 Å². The first-order valence-corrected chi connectivity index (χ1v) is 11.6. The van der Waals surface area contributed by atoms with E-state index in [2.05, 4.69) is 40.9 Å². The predicted molar refractivity (Wildman–Crippen MR) is 122 cm³/mol. The van der Waals surface area contributed by atoms with Crippen molar-refractivity contribution in [1.82, 2.24) is 14.3 Å². The molecule has 4 aliphatic heterocycles. The molecule has 4 bridgehead atoms. The van der Waals surface area contributed by atoms with Crippen LogP contribution in [0.25, 0.3) is 10.9 Å². The van der Waals surface area contributed by atoms with Crippen LogP contribution in [-0.4, -0.2) is 54.2 Å². The molecule has 0 radical (unpaired) electrons. The highest BCUT2D eigenvalue weighted by atomic mass is 16.6. The van der Waals surface area contributed by atoms with Gasteiger partial charge in [0.05, 0.1) is 23.4 Å². The van der Waals surface area contributed by atoms with Gasteiger partial charge < -0.3 is 19.1 Å². The summed E-state index contributed by atoms with van der Waals surface area (Å²) in [6.07, 6.45) is 5.85. The van der Waals surface area contributed by atoms with Gasteiger partial charge in [0.15, 0.2) is 17.6 Å². The van der Waals surface area contributed by atoms with Gasteiger partial charge in [0, 0.05) is 18.7 Å². The SMILES string of the molecule is COc1ccc2c3c1OC1C4(OC)C=CC5(C(C2)N(C)CCC315)n1c2ccccc2c(=O)n14. The molecule has 1 saturated heterocycles. The number of ether oxygens (including phenoxy) is 3. The third-order valence-corrected chi connectivity index (χ3v) is 9.30. The lowest BCUT2D eigenvalue weighted by atomic mass is 9.47. The van der Waals surface area contributed by atoms with Crippen LogP contribution in [-0.2, 0) is 27.8 Å². The van der Waals surface area contributed by atoms with Crippen LogP contribution in [0.15, 0.2) is 53.3 Å². The zero-order chi connectivity index (χ0) is 22.3. The van der Waals surface area contributed by atoms with E-state index in [-0.39, 0.29) is 23.1 Å². The van der Waals surface area contributed by atoms with E-state index in [0.29, 0.717) is 0 Å². The average Bonchev–Trinajstić information content (AvgIpc) is 3.37. The molecular formula is C26H25N3O4. The second kappa shape index (κ2) is 5.37. The van der Waals surface area contributed by atoms with Crippen molar-refractivity contribution in [3.63, 3.8) is 0 Å². The Bertz CT molecular complexity index is 1490. The van der Waals surface area contributed by atoms with Crippen molar-refractivity contribution in [3.05, 3.63) is 70.0 Å². The Morgan fingerprint density at radius 2 is 1.94 bits per heavy atom. The van der Waals surface area contributed by atoms with E-state index >= 15 is 0 Å². The lowest BCUT2D eigenvalue weighted by Gasteiger charge is -2.69. The molecule has 3 aromatic rings. The van der Waals surface area contributed by atoms with E-state index in [1.807, 2.05) is 28.9 Å². The molecule has 2 aliphatic carbocycles. The molecule has 5 unspecified atom stereocenters. The van der Waals surface area contributed by atoms with E-state index in [1.54, 1.807) is 14.2 Å². The Morgan fingerprint density at radius 3 is 2.76 bits per heavy atom. The first-order valence-electron chi connectivity index (χ1n) is 11.6. The summed E-state index contributed by atoms with van der Waals surface area (Å²) in [7, 11) is 5.59. The van der Waals surface area contributed by atoms with Crippen LogP contribution in [0.3, 0.4) is 0 Å². The maximum absolute atomic E-state index is 13.9. The average molecular weight is 444 g/mol. The number of methoxy groups -OCH3 is 2. The lowest BCUT2D eigenvalue weighted by molar-refractivity contribution is -0.226. The van der Waals surface area contributed by atoms with Crippen LogP contribution in [0.1, 0.15) is 17.5 Å². The highest BCUT2D eigenvalue weighted by molar-refractivity contribution is 5.81. The second-order valence-electron chi connectivity index (χ2n) is 10.1. The van der Waals surface area contributed by atoms with E-state index in [9.17, 15) is 4.79 Å². The van der Waals surface area contributed by atoms with E-state index < -0.39 is 11.3 Å². The maximum atomic E-state index is 13.9. The topological polar surface area (TPSA) is 57.9 Å². The number of para-hydroxylation sites is 1. The predicted octanol–water partition coefficient (Wildman–Crippen LogP) is 2.35. The minimum Gasteiger partial charge on any atom is -0.493 e. The molecule has 2 spiro atoms. The van der Waals surface area contributed by atoms with Crippen molar-refractivity contribution in [1.29, 1.82) is 0 Å². The molecule has 6 aliphatic rings. The van der Waals surface area contributed by atoms with Crippen molar-refractivity contribution in [3.8, 4) is 11.5 Å². The van der Waals surface area contributed by atoms with Crippen molar-refractivity contribution in [2.24, 2.45) is 0 Å². The van der Waals surface area contributed by atoms with Crippen LogP contribution in [0, 0.1) is 0 Å². The van der Waals surface area contributed by atoms with Crippen LogP contribution < -0.4 is 15.0 Å². The van der Waals surface area contributed by atoms with Gasteiger partial charge in [-0.3, -0.25) is 9.48 Å². The van der Waals surface area contributed by atoms with Gasteiger partial charge in [-0.25, -0.2) is 4.68 Å². The van der Waals surface area contributed by atoms with Crippen LogP contribution in [0.5, 0.6) is 11.5 Å². The molecule has 2 aromatic carbocycles. The van der Waals surface area contributed by atoms with Gasteiger partial charge in [0.25, 0.3) is 5.56 Å². The molecule has 5 heterocycles. The molecule has 1 fully saturated rings. The summed E-state index contributed by atoms with van der Waals surface area (Å²) in [6, 6.07) is 12.3. The molecular weight excluding hydrogens is 418 g/mol. The zero-order valence-electron chi connectivity index (χ0n) is 18.9. The molecule has 1 aromatic heterocycles. The molecule has 168 valence electrons.